The first-order valence-electron chi connectivity index (χ1n) is 27.0. The Balaban J connectivity index is 0.00000480. The fourth-order valence-corrected chi connectivity index (χ4v) is 24.0. The molecule has 20 atom stereocenters. The van der Waals surface area contributed by atoms with Gasteiger partial charge < -0.3 is 12.4 Å². The Morgan fingerprint density at radius 2 is 0.629 bits per heavy atom. The summed E-state index contributed by atoms with van der Waals surface area (Å²) in [5.74, 6) is 4.53. The van der Waals surface area contributed by atoms with Crippen LogP contribution in [0.4, 0.5) is 0 Å². The summed E-state index contributed by atoms with van der Waals surface area (Å²) < 4.78 is 6.29. The molecule has 6 heterocycles. The van der Waals surface area contributed by atoms with Crippen molar-refractivity contribution in [2.75, 3.05) is 0 Å². The van der Waals surface area contributed by atoms with E-state index < -0.39 is 0 Å². The Bertz CT molecular complexity index is 2210. The molecule has 6 bridgehead atoms. The zero-order valence-corrected chi connectivity index (χ0v) is 45.2. The van der Waals surface area contributed by atoms with E-state index in [1.165, 1.54) is 96.6 Å². The molecule has 8 nitrogen and oxygen atoms in total. The normalized spacial score (nSPS) is 42.7. The predicted molar refractivity (Wildman–Crippen MR) is 286 cm³/mol. The summed E-state index contributed by atoms with van der Waals surface area (Å²) >= 11 is 8.55. The van der Waals surface area contributed by atoms with Crippen LogP contribution in [0.2, 0.25) is 0 Å². The second-order valence-electron chi connectivity index (χ2n) is 22.3. The van der Waals surface area contributed by atoms with Crippen molar-refractivity contribution in [3.63, 3.8) is 0 Å². The van der Waals surface area contributed by atoms with E-state index in [-0.39, 0.29) is 52.7 Å². The third kappa shape index (κ3) is 9.04. The number of thioether (sulfide) groups is 4. The van der Waals surface area contributed by atoms with Gasteiger partial charge in [0.2, 0.25) is 0 Å². The first kappa shape index (κ1) is 48.4. The Kier molecular flexibility index (Phi) is 14.6. The topological polar surface area (TPSA) is 78.7 Å². The number of halogens is 1. The van der Waals surface area contributed by atoms with Gasteiger partial charge in [0, 0.05) is 0 Å². The molecule has 14 rings (SSSR count). The third-order valence-corrected chi connectivity index (χ3v) is 26.2. The van der Waals surface area contributed by atoms with Crippen LogP contribution in [0.3, 0.4) is 0 Å². The molecular weight excluding hydrogens is 975 g/mol. The molecule has 0 spiro atoms. The van der Waals surface area contributed by atoms with E-state index in [0.717, 1.165) is 0 Å². The van der Waals surface area contributed by atoms with E-state index in [2.05, 4.69) is 187 Å². The number of hydrogen-bond donors (Lipinski definition) is 6. The van der Waals surface area contributed by atoms with Gasteiger partial charge in [-0.15, -0.1) is 0 Å². The number of rotatable bonds is 8. The Morgan fingerprint density at radius 1 is 0.329 bits per heavy atom. The van der Waals surface area contributed by atoms with Gasteiger partial charge in [-0.25, -0.2) is 0 Å². The molecule has 4 saturated carbocycles. The molecule has 4 aromatic rings. The summed E-state index contributed by atoms with van der Waals surface area (Å²) in [5, 5.41) is 30.1. The van der Waals surface area contributed by atoms with Crippen molar-refractivity contribution >= 4 is 62.7 Å². The average Bonchev–Trinajstić information content (AvgIpc) is 4.10. The summed E-state index contributed by atoms with van der Waals surface area (Å²) in [6.07, 6.45) is 18.0. The molecule has 4 aromatic carbocycles. The van der Waals surface area contributed by atoms with Crippen molar-refractivity contribution in [2.45, 2.75) is 167 Å². The third-order valence-electron chi connectivity index (χ3n) is 18.8. The van der Waals surface area contributed by atoms with Gasteiger partial charge in [-0.05, 0) is 0 Å². The predicted octanol–water partition coefficient (Wildman–Crippen LogP) is 6.67. The second-order valence-corrected chi connectivity index (χ2v) is 28.9. The van der Waals surface area contributed by atoms with Gasteiger partial charge in [0.05, 0.1) is 0 Å². The van der Waals surface area contributed by atoms with Gasteiger partial charge in [-0.1, -0.05) is 0 Å². The molecule has 20 unspecified atom stereocenters. The zero-order valence-electron chi connectivity index (χ0n) is 40.1. The molecular formula is C56H70AlClN8S4. The maximum atomic E-state index is 4.70. The van der Waals surface area contributed by atoms with Crippen molar-refractivity contribution in [3.05, 3.63) is 121 Å². The van der Waals surface area contributed by atoms with Crippen LogP contribution >= 0.6 is 47.0 Å². The van der Waals surface area contributed by atoms with E-state index in [4.69, 9.17) is 21.3 Å². The van der Waals surface area contributed by atoms with Gasteiger partial charge >= 0.3 is 438 Å². The fraction of sp³-hybridized carbons (Fsp3) is 0.571. The summed E-state index contributed by atoms with van der Waals surface area (Å²) in [7, 11) is 0. The summed E-state index contributed by atoms with van der Waals surface area (Å²) in [4.78, 5) is 5.74. The second kappa shape index (κ2) is 21.1. The molecule has 10 fully saturated rings. The van der Waals surface area contributed by atoms with Crippen molar-refractivity contribution in [2.24, 2.45) is 47.3 Å². The van der Waals surface area contributed by atoms with Crippen LogP contribution in [0.25, 0.3) is 0 Å². The van der Waals surface area contributed by atoms with E-state index in [1.54, 1.807) is 0 Å². The van der Waals surface area contributed by atoms with Crippen LogP contribution in [-0.2, 0) is 0 Å². The molecule has 6 N–H and O–H groups in total. The number of hydrogen-bond acceptors (Lipinski definition) is 12. The van der Waals surface area contributed by atoms with Gasteiger partial charge in [-0.2, -0.15) is 0 Å². The number of fused-ring (bicyclic) bond motifs is 16. The fourth-order valence-electron chi connectivity index (χ4n) is 16.1. The molecule has 4 aliphatic carbocycles. The molecule has 6 saturated heterocycles. The number of benzene rings is 4. The monoisotopic (exact) mass is 1040 g/mol. The first-order valence-corrected chi connectivity index (χ1v) is 31.6. The van der Waals surface area contributed by atoms with Crippen LogP contribution in [0, 0.1) is 47.3 Å². The molecule has 70 heavy (non-hydrogen) atoms. The van der Waals surface area contributed by atoms with E-state index >= 15 is 0 Å². The summed E-state index contributed by atoms with van der Waals surface area (Å²) in [5.41, 5.74) is 0. The van der Waals surface area contributed by atoms with Crippen molar-refractivity contribution < 1.29 is 12.4 Å². The molecule has 0 amide bonds. The van der Waals surface area contributed by atoms with Gasteiger partial charge in [0.1, 0.15) is 0 Å². The first-order chi connectivity index (χ1) is 34.2. The molecule has 0 radical (unpaired) electrons. The molecule has 10 aliphatic rings. The van der Waals surface area contributed by atoms with E-state index in [0.29, 0.717) is 93.0 Å². The number of nitrogens with zero attached hydrogens (tertiary/aromatic N) is 2. The zero-order chi connectivity index (χ0) is 45.4. The van der Waals surface area contributed by atoms with E-state index in [1.807, 2.05) is 0 Å². The SMILES string of the molecule is [Cl-].c1ccc(SC2CCCC3C4NC(NC5C6CCCC(Sc7ccccc7)C6C6NC7NC(NC8C9CCCC(Sc%10ccccc%10)C9C(N4)[N]8[Al+][N]56)C4C(Sc5ccccc5)CCCC74)C23)cc1. The van der Waals surface area contributed by atoms with Crippen LogP contribution in [0.1, 0.15) is 77.0 Å². The quantitative estimate of drug-likeness (QED) is 0.107. The van der Waals surface area contributed by atoms with Crippen LogP contribution < -0.4 is 44.3 Å². The van der Waals surface area contributed by atoms with Crippen LogP contribution in [0.5, 0.6) is 0 Å². The number of nitrogens with one attached hydrogen (secondary N) is 6. The van der Waals surface area contributed by atoms with Gasteiger partial charge in [0.25, 0.3) is 0 Å². The Morgan fingerprint density at radius 3 is 0.971 bits per heavy atom. The summed E-state index contributed by atoms with van der Waals surface area (Å²) in [6.45, 7) is 0. The van der Waals surface area contributed by atoms with Crippen LogP contribution in [0.15, 0.2) is 141 Å². The van der Waals surface area contributed by atoms with Crippen molar-refractivity contribution in [1.29, 1.82) is 0 Å². The Hall–Kier alpha value is -1.22. The van der Waals surface area contributed by atoms with E-state index in [9.17, 15) is 0 Å². The van der Waals surface area contributed by atoms with Crippen LogP contribution in [-0.4, -0.2) is 93.8 Å². The molecule has 368 valence electrons. The molecule has 0 aromatic heterocycles. The minimum atomic E-state index is -0.210. The van der Waals surface area contributed by atoms with Gasteiger partial charge in [-0.3, -0.25) is 0 Å². The Labute approximate surface area is 447 Å². The summed E-state index contributed by atoms with van der Waals surface area (Å²) in [6, 6.07) is 45.7. The molecule has 6 aliphatic heterocycles. The molecule has 14 heteroatoms. The van der Waals surface area contributed by atoms with Crippen molar-refractivity contribution in [3.8, 4) is 0 Å². The maximum absolute atomic E-state index is 4.70. The van der Waals surface area contributed by atoms with Gasteiger partial charge in [0.15, 0.2) is 0 Å². The van der Waals surface area contributed by atoms with Crippen molar-refractivity contribution in [1.82, 2.24) is 39.7 Å². The standard InChI is InChI=1S/C56H70N8S4.Al.ClH/c1-5-17-33(18-6-1)65-41-29-13-25-37-45(41)53-57-49(37)62-54-47-39(27-15-31-43(47)67-35-21-9-3-10-22-35)51(59-54)64-56-48-40(28-16-32-44(48)68-36-23-11-4-12-24-36)52(60-56)63-55-46-38(50(58-55)61-53)26-14-30-42(46)66-34-19-7-2-8-20-34;;/h1-12,17-24,37-57,60-64H,13-16,25-32H2;;1H/q-2;+3;/p-1. The average molecular weight is 1050 g/mol. The minimum absolute atomic E-state index is 0.